The van der Waals surface area contributed by atoms with E-state index in [1.54, 1.807) is 0 Å². The van der Waals surface area contributed by atoms with Crippen molar-refractivity contribution in [1.29, 1.82) is 0 Å². The lowest BCUT2D eigenvalue weighted by atomic mass is 10.1. The topological polar surface area (TPSA) is 15.3 Å². The molecule has 0 aromatic heterocycles. The van der Waals surface area contributed by atoms with Gasteiger partial charge < -0.3 is 5.32 Å². The smallest absolute Gasteiger partial charge is 0.123 e. The minimum Gasteiger partial charge on any atom is -0.316 e. The van der Waals surface area contributed by atoms with E-state index in [0.717, 1.165) is 12.1 Å². The zero-order valence-electron chi connectivity index (χ0n) is 10.5. The molecular weight excluding hydrogens is 203 g/mol. The summed E-state index contributed by atoms with van der Waals surface area (Å²) in [6.45, 7) is 5.18. The Balaban J connectivity index is 2.56. The second-order valence-electron chi connectivity index (χ2n) is 4.36. The Kier molecular flexibility index (Phi) is 4.90. The molecule has 1 aromatic rings. The number of benzene rings is 1. The highest BCUT2D eigenvalue weighted by molar-refractivity contribution is 5.15. The van der Waals surface area contributed by atoms with Crippen LogP contribution in [-0.4, -0.2) is 31.1 Å². The fourth-order valence-corrected chi connectivity index (χ4v) is 1.64. The van der Waals surface area contributed by atoms with E-state index < -0.39 is 0 Å². The third-order valence-corrected chi connectivity index (χ3v) is 3.22. The van der Waals surface area contributed by atoms with Gasteiger partial charge in [0, 0.05) is 18.6 Å². The summed E-state index contributed by atoms with van der Waals surface area (Å²) in [4.78, 5) is 2.26. The maximum atomic E-state index is 12.7. The van der Waals surface area contributed by atoms with E-state index in [4.69, 9.17) is 0 Å². The van der Waals surface area contributed by atoms with Crippen LogP contribution < -0.4 is 5.32 Å². The SMILES string of the molecule is CNC(C)C(C)N(C)Cc1ccc(F)cc1. The minimum absolute atomic E-state index is 0.178. The van der Waals surface area contributed by atoms with Gasteiger partial charge in [-0.2, -0.15) is 0 Å². The van der Waals surface area contributed by atoms with Crippen molar-refractivity contribution in [2.24, 2.45) is 0 Å². The van der Waals surface area contributed by atoms with E-state index in [1.807, 2.05) is 19.2 Å². The zero-order chi connectivity index (χ0) is 12.1. The lowest BCUT2D eigenvalue weighted by molar-refractivity contribution is 0.211. The Morgan fingerprint density at radius 2 is 1.81 bits per heavy atom. The van der Waals surface area contributed by atoms with Crippen molar-refractivity contribution in [3.63, 3.8) is 0 Å². The fraction of sp³-hybridized carbons (Fsp3) is 0.538. The molecule has 0 bridgehead atoms. The molecule has 2 unspecified atom stereocenters. The van der Waals surface area contributed by atoms with Crippen LogP contribution in [0.15, 0.2) is 24.3 Å². The van der Waals surface area contributed by atoms with E-state index in [-0.39, 0.29) is 5.82 Å². The molecule has 0 saturated carbocycles. The summed E-state index contributed by atoms with van der Waals surface area (Å²) in [5.41, 5.74) is 1.14. The van der Waals surface area contributed by atoms with Gasteiger partial charge in [0.25, 0.3) is 0 Å². The summed E-state index contributed by atoms with van der Waals surface area (Å²) in [7, 11) is 4.05. The maximum absolute atomic E-state index is 12.7. The molecule has 1 rings (SSSR count). The number of hydrogen-bond acceptors (Lipinski definition) is 2. The van der Waals surface area contributed by atoms with Crippen molar-refractivity contribution in [2.45, 2.75) is 32.5 Å². The summed E-state index contributed by atoms with van der Waals surface area (Å²) >= 11 is 0. The third-order valence-electron chi connectivity index (χ3n) is 3.22. The average molecular weight is 224 g/mol. The first-order valence-corrected chi connectivity index (χ1v) is 5.66. The Labute approximate surface area is 97.5 Å². The first-order chi connectivity index (χ1) is 7.54. The van der Waals surface area contributed by atoms with Crippen LogP contribution in [0.25, 0.3) is 0 Å². The molecule has 0 radical (unpaired) electrons. The zero-order valence-corrected chi connectivity index (χ0v) is 10.5. The summed E-state index contributed by atoms with van der Waals surface area (Å²) in [6.07, 6.45) is 0. The quantitative estimate of drug-likeness (QED) is 0.825. The van der Waals surface area contributed by atoms with Crippen molar-refractivity contribution in [3.8, 4) is 0 Å². The first kappa shape index (κ1) is 13.1. The second-order valence-corrected chi connectivity index (χ2v) is 4.36. The van der Waals surface area contributed by atoms with Crippen molar-refractivity contribution >= 4 is 0 Å². The number of nitrogens with zero attached hydrogens (tertiary/aromatic N) is 1. The van der Waals surface area contributed by atoms with E-state index in [1.165, 1.54) is 12.1 Å². The lowest BCUT2D eigenvalue weighted by Gasteiger charge is -2.29. The molecule has 0 aliphatic rings. The van der Waals surface area contributed by atoms with E-state index in [0.29, 0.717) is 12.1 Å². The van der Waals surface area contributed by atoms with Crippen LogP contribution in [0.1, 0.15) is 19.4 Å². The normalized spacial score (nSPS) is 15.1. The second kappa shape index (κ2) is 5.97. The summed E-state index contributed by atoms with van der Waals surface area (Å²) in [5.74, 6) is -0.178. The molecule has 2 atom stereocenters. The van der Waals surface area contributed by atoms with Crippen LogP contribution in [0.5, 0.6) is 0 Å². The Hall–Kier alpha value is -0.930. The van der Waals surface area contributed by atoms with Gasteiger partial charge in [-0.3, -0.25) is 4.90 Å². The monoisotopic (exact) mass is 224 g/mol. The number of nitrogens with one attached hydrogen (secondary N) is 1. The third kappa shape index (κ3) is 3.58. The molecule has 0 aliphatic carbocycles. The summed E-state index contributed by atoms with van der Waals surface area (Å²) < 4.78 is 12.7. The van der Waals surface area contributed by atoms with Gasteiger partial charge in [-0.25, -0.2) is 4.39 Å². The number of hydrogen-bond donors (Lipinski definition) is 1. The maximum Gasteiger partial charge on any atom is 0.123 e. The molecule has 0 saturated heterocycles. The molecule has 0 amide bonds. The molecule has 0 spiro atoms. The van der Waals surface area contributed by atoms with E-state index in [2.05, 4.69) is 31.1 Å². The molecule has 3 heteroatoms. The van der Waals surface area contributed by atoms with Gasteiger partial charge in [-0.1, -0.05) is 12.1 Å². The minimum atomic E-state index is -0.178. The van der Waals surface area contributed by atoms with Crippen LogP contribution in [0.4, 0.5) is 4.39 Å². The Morgan fingerprint density at radius 3 is 2.31 bits per heavy atom. The molecule has 90 valence electrons. The average Bonchev–Trinajstić information content (AvgIpc) is 2.30. The van der Waals surface area contributed by atoms with Gasteiger partial charge in [-0.15, -0.1) is 0 Å². The van der Waals surface area contributed by atoms with Crippen LogP contribution >= 0.6 is 0 Å². The van der Waals surface area contributed by atoms with Crippen molar-refractivity contribution < 1.29 is 4.39 Å². The molecule has 16 heavy (non-hydrogen) atoms. The molecule has 0 aliphatic heterocycles. The number of likely N-dealkylation sites (N-methyl/N-ethyl adjacent to an activating group) is 2. The van der Waals surface area contributed by atoms with Crippen LogP contribution in [-0.2, 0) is 6.54 Å². The standard InChI is InChI=1S/C13H21FN2/c1-10(15-3)11(2)16(4)9-12-5-7-13(14)8-6-12/h5-8,10-11,15H,9H2,1-4H3. The van der Waals surface area contributed by atoms with Gasteiger partial charge in [0.1, 0.15) is 5.82 Å². The first-order valence-electron chi connectivity index (χ1n) is 5.66. The molecule has 1 aromatic carbocycles. The van der Waals surface area contributed by atoms with E-state index in [9.17, 15) is 4.39 Å². The van der Waals surface area contributed by atoms with E-state index >= 15 is 0 Å². The lowest BCUT2D eigenvalue weighted by Crippen LogP contribution is -2.43. The van der Waals surface area contributed by atoms with Gasteiger partial charge >= 0.3 is 0 Å². The van der Waals surface area contributed by atoms with Gasteiger partial charge in [0.2, 0.25) is 0 Å². The summed E-state index contributed by atoms with van der Waals surface area (Å²) in [5, 5.41) is 3.24. The van der Waals surface area contributed by atoms with Gasteiger partial charge in [-0.05, 0) is 45.6 Å². The molecule has 0 fully saturated rings. The van der Waals surface area contributed by atoms with Gasteiger partial charge in [0.05, 0.1) is 0 Å². The predicted molar refractivity (Wildman–Crippen MR) is 65.9 cm³/mol. The Morgan fingerprint density at radius 1 is 1.25 bits per heavy atom. The van der Waals surface area contributed by atoms with Gasteiger partial charge in [0.15, 0.2) is 0 Å². The van der Waals surface area contributed by atoms with Crippen LogP contribution in [0.3, 0.4) is 0 Å². The largest absolute Gasteiger partial charge is 0.316 e. The Bertz CT molecular complexity index is 310. The highest BCUT2D eigenvalue weighted by atomic mass is 19.1. The molecule has 0 heterocycles. The molecule has 1 N–H and O–H groups in total. The summed E-state index contributed by atoms with van der Waals surface area (Å²) in [6, 6.07) is 7.57. The number of rotatable bonds is 5. The molecular formula is C13H21FN2. The highest BCUT2D eigenvalue weighted by Gasteiger charge is 2.15. The van der Waals surface area contributed by atoms with Crippen LogP contribution in [0, 0.1) is 5.82 Å². The van der Waals surface area contributed by atoms with Crippen LogP contribution in [0.2, 0.25) is 0 Å². The predicted octanol–water partition coefficient (Wildman–Crippen LogP) is 2.25. The van der Waals surface area contributed by atoms with Crippen molar-refractivity contribution in [3.05, 3.63) is 35.6 Å². The van der Waals surface area contributed by atoms with Crippen molar-refractivity contribution in [2.75, 3.05) is 14.1 Å². The fourth-order valence-electron chi connectivity index (χ4n) is 1.64. The molecule has 2 nitrogen and oxygen atoms in total. The highest BCUT2D eigenvalue weighted by Crippen LogP contribution is 2.09. The number of halogens is 1. The van der Waals surface area contributed by atoms with Crippen molar-refractivity contribution in [1.82, 2.24) is 10.2 Å².